The summed E-state index contributed by atoms with van der Waals surface area (Å²) >= 11 is 0.484. The Morgan fingerprint density at radius 2 is 2.00 bits per heavy atom. The van der Waals surface area contributed by atoms with Crippen LogP contribution in [0.1, 0.15) is 6.42 Å². The maximum absolute atomic E-state index is 10.4. The normalized spacial score (nSPS) is 11.6. The molecule has 0 saturated carbocycles. The molecule has 84 valence electrons. The van der Waals surface area contributed by atoms with Gasteiger partial charge in [-0.25, -0.2) is 0 Å². The second-order valence-corrected chi connectivity index (χ2v) is 6.46. The zero-order valence-electron chi connectivity index (χ0n) is 8.42. The van der Waals surface area contributed by atoms with Gasteiger partial charge in [0, 0.05) is 0 Å². The Bertz CT molecular complexity index is 402. The van der Waals surface area contributed by atoms with Crippen molar-refractivity contribution in [3.63, 3.8) is 0 Å². The van der Waals surface area contributed by atoms with E-state index in [-0.39, 0.29) is 5.75 Å². The molecule has 0 aliphatic heterocycles. The predicted octanol–water partition coefficient (Wildman–Crippen LogP) is -0.713. The zero-order valence-corrected chi connectivity index (χ0v) is 10.9. The molecule has 0 saturated heterocycles. The van der Waals surface area contributed by atoms with E-state index in [0.29, 0.717) is 27.9 Å². The Kier molecular flexibility index (Phi) is 4.73. The number of rotatable bonds is 5. The molecule has 0 unspecified atom stereocenters. The molecule has 15 heavy (non-hydrogen) atoms. The van der Waals surface area contributed by atoms with E-state index in [1.54, 1.807) is 0 Å². The fourth-order valence-corrected chi connectivity index (χ4v) is 2.46. The minimum atomic E-state index is -4.07. The van der Waals surface area contributed by atoms with Gasteiger partial charge in [0.05, 0.1) is 0 Å². The first-order valence-corrected chi connectivity index (χ1v) is 8.62. The molecule has 1 aromatic heterocycles. The van der Waals surface area contributed by atoms with Crippen molar-refractivity contribution < 1.29 is 17.5 Å². The van der Waals surface area contributed by atoms with Gasteiger partial charge >= 0.3 is 96.1 Å². The van der Waals surface area contributed by atoms with Gasteiger partial charge in [-0.1, -0.05) is 0 Å². The summed E-state index contributed by atoms with van der Waals surface area (Å²) in [5.41, 5.74) is 0. The molecule has 1 rings (SSSR count). The van der Waals surface area contributed by atoms with E-state index >= 15 is 0 Å². The topological polar surface area (TPSA) is 61.1 Å². The van der Waals surface area contributed by atoms with Crippen LogP contribution in [0.25, 0.3) is 0 Å². The number of nitrogens with zero attached hydrogens (tertiary/aromatic N) is 1. The van der Waals surface area contributed by atoms with Crippen LogP contribution < -0.4 is 9.03 Å². The van der Waals surface area contributed by atoms with Crippen LogP contribution in [0.15, 0.2) is 24.5 Å². The Morgan fingerprint density at radius 1 is 1.40 bits per heavy atom. The quantitative estimate of drug-likeness (QED) is 0.409. The average molecular weight is 294 g/mol. The van der Waals surface area contributed by atoms with Crippen LogP contribution >= 0.6 is 0 Å². The molecule has 0 aromatic carbocycles. The fraction of sp³-hybridized carbons (Fsp3) is 0.444. The molecule has 0 radical (unpaired) electrons. The Hall–Kier alpha value is -0.421. The number of hydrogen-bond donors (Lipinski definition) is 0. The van der Waals surface area contributed by atoms with Crippen LogP contribution in [0.3, 0.4) is 0 Å². The summed E-state index contributed by atoms with van der Waals surface area (Å²) in [4.78, 5) is 0. The van der Waals surface area contributed by atoms with Gasteiger partial charge in [0.2, 0.25) is 0 Å². The van der Waals surface area contributed by atoms with Gasteiger partial charge in [0.15, 0.2) is 0 Å². The predicted molar refractivity (Wildman–Crippen MR) is 57.1 cm³/mol. The summed E-state index contributed by atoms with van der Waals surface area (Å²) in [6.07, 6.45) is 4.20. The van der Waals surface area contributed by atoms with Crippen molar-refractivity contribution in [3.05, 3.63) is 24.5 Å². The van der Waals surface area contributed by atoms with Gasteiger partial charge in [0.25, 0.3) is 0 Å². The standard InChI is InChI=1S/C9H13NO3SSe/c1-15-9-3-6-10(7-4-9)5-2-8-14(11,12)13/h3-4,6-7H,2,5,8H2,1H3. The third kappa shape index (κ3) is 5.27. The van der Waals surface area contributed by atoms with E-state index in [9.17, 15) is 13.0 Å². The van der Waals surface area contributed by atoms with Crippen molar-refractivity contribution in [1.29, 1.82) is 0 Å². The molecule has 1 heterocycles. The summed E-state index contributed by atoms with van der Waals surface area (Å²) in [5, 5.41) is 0. The van der Waals surface area contributed by atoms with Crippen LogP contribution in [0.4, 0.5) is 0 Å². The van der Waals surface area contributed by atoms with Gasteiger partial charge in [-0.3, -0.25) is 0 Å². The molecule has 0 fully saturated rings. The molecule has 0 amide bonds. The van der Waals surface area contributed by atoms with Crippen LogP contribution in [0, 0.1) is 0 Å². The van der Waals surface area contributed by atoms with Crippen molar-refractivity contribution in [2.75, 3.05) is 5.75 Å². The van der Waals surface area contributed by atoms with E-state index in [1.807, 2.05) is 29.1 Å². The third-order valence-electron chi connectivity index (χ3n) is 1.91. The molecular formula is C9H13NO3SSe. The molecule has 0 aliphatic rings. The second-order valence-electron chi connectivity index (χ2n) is 3.09. The van der Waals surface area contributed by atoms with Crippen molar-refractivity contribution in [3.8, 4) is 0 Å². The van der Waals surface area contributed by atoms with E-state index in [0.717, 1.165) is 0 Å². The molecule has 4 nitrogen and oxygen atoms in total. The van der Waals surface area contributed by atoms with Gasteiger partial charge in [-0.05, 0) is 0 Å². The van der Waals surface area contributed by atoms with Gasteiger partial charge in [-0.15, -0.1) is 0 Å². The third-order valence-corrected chi connectivity index (χ3v) is 4.26. The number of pyridine rings is 1. The summed E-state index contributed by atoms with van der Waals surface area (Å²) in [7, 11) is -4.07. The number of hydrogen-bond acceptors (Lipinski definition) is 3. The first kappa shape index (κ1) is 12.6. The van der Waals surface area contributed by atoms with Crippen molar-refractivity contribution in [1.82, 2.24) is 0 Å². The molecule has 0 atom stereocenters. The number of aromatic nitrogens is 1. The minimum absolute atomic E-state index is 0.292. The second kappa shape index (κ2) is 5.61. The molecule has 0 bridgehead atoms. The van der Waals surface area contributed by atoms with E-state index in [4.69, 9.17) is 0 Å². The molecule has 6 heteroatoms. The number of aryl methyl sites for hydroxylation is 1. The first-order valence-electron chi connectivity index (χ1n) is 4.48. The van der Waals surface area contributed by atoms with Crippen molar-refractivity contribution >= 4 is 29.5 Å². The van der Waals surface area contributed by atoms with E-state index in [1.165, 1.54) is 4.46 Å². The molecule has 0 spiro atoms. The molecular weight excluding hydrogens is 281 g/mol. The van der Waals surface area contributed by atoms with E-state index < -0.39 is 10.1 Å². The summed E-state index contributed by atoms with van der Waals surface area (Å²) < 4.78 is 34.3. The van der Waals surface area contributed by atoms with Crippen molar-refractivity contribution in [2.45, 2.75) is 18.8 Å². The molecule has 1 aromatic rings. The van der Waals surface area contributed by atoms with E-state index in [2.05, 4.69) is 5.82 Å². The first-order chi connectivity index (χ1) is 7.01. The fourth-order valence-electron chi connectivity index (χ4n) is 1.15. The van der Waals surface area contributed by atoms with Crippen LogP contribution in [0.2, 0.25) is 5.82 Å². The maximum atomic E-state index is 10.4. The van der Waals surface area contributed by atoms with Gasteiger partial charge in [0.1, 0.15) is 0 Å². The van der Waals surface area contributed by atoms with Crippen LogP contribution in [0.5, 0.6) is 0 Å². The van der Waals surface area contributed by atoms with Crippen LogP contribution in [-0.4, -0.2) is 33.7 Å². The Balaban J connectivity index is 2.45. The SMILES string of the molecule is C[Se]c1cc[n+](CCCS(=O)(=O)[O-])cc1. The van der Waals surface area contributed by atoms with Gasteiger partial charge < -0.3 is 0 Å². The van der Waals surface area contributed by atoms with Gasteiger partial charge in [-0.2, -0.15) is 0 Å². The zero-order chi connectivity index (χ0) is 11.3. The van der Waals surface area contributed by atoms with Crippen molar-refractivity contribution in [2.24, 2.45) is 0 Å². The summed E-state index contributed by atoms with van der Waals surface area (Å²) in [5.74, 6) is 1.84. The Morgan fingerprint density at radius 3 is 2.47 bits per heavy atom. The average Bonchev–Trinajstić information content (AvgIpc) is 2.17. The molecule has 0 N–H and O–H groups in total. The monoisotopic (exact) mass is 295 g/mol. The Labute approximate surface area is 96.2 Å². The van der Waals surface area contributed by atoms with Crippen LogP contribution in [-0.2, 0) is 16.7 Å². The summed E-state index contributed by atoms with van der Waals surface area (Å²) in [6.45, 7) is 0.568. The summed E-state index contributed by atoms with van der Waals surface area (Å²) in [6, 6.07) is 4.04. The molecule has 0 aliphatic carbocycles.